The molecule has 9 fully saturated rings. The summed E-state index contributed by atoms with van der Waals surface area (Å²) in [6, 6.07) is -5.70. The van der Waals surface area contributed by atoms with E-state index in [9.17, 15) is 152 Å². The second-order valence-electron chi connectivity index (χ2n) is 28.9. The summed E-state index contributed by atoms with van der Waals surface area (Å²) in [5, 5.41) is 294. The first-order valence-electron chi connectivity index (χ1n) is 36.0. The third-order valence-corrected chi connectivity index (χ3v) is 20.8. The van der Waals surface area contributed by atoms with Gasteiger partial charge in [0.05, 0.1) is 70.6 Å². The van der Waals surface area contributed by atoms with Crippen molar-refractivity contribution in [1.82, 2.24) is 16.0 Å². The van der Waals surface area contributed by atoms with Crippen LogP contribution in [0.1, 0.15) is 41.0 Å². The summed E-state index contributed by atoms with van der Waals surface area (Å²) in [6.07, 6.45) is -88.9. The number of ether oxygens (including phenoxy) is 17. The van der Waals surface area contributed by atoms with E-state index in [1.54, 1.807) is 0 Å². The van der Waals surface area contributed by atoms with E-state index in [0.29, 0.717) is 0 Å². The van der Waals surface area contributed by atoms with Gasteiger partial charge in [0, 0.05) is 27.2 Å². The molecule has 0 saturated carbocycles. The van der Waals surface area contributed by atoms with E-state index in [2.05, 4.69) is 16.0 Å². The summed E-state index contributed by atoms with van der Waals surface area (Å²) in [7, 11) is 0. The van der Waals surface area contributed by atoms with Gasteiger partial charge in [0.15, 0.2) is 50.3 Å². The lowest BCUT2D eigenvalue weighted by atomic mass is 9.88. The first-order chi connectivity index (χ1) is 53.2. The normalized spacial score (nSPS) is 49.2. The predicted octanol–water partition coefficient (Wildman–Crippen LogP) is -18.9. The van der Waals surface area contributed by atoms with Crippen molar-refractivity contribution in [3.63, 3.8) is 0 Å². The first-order valence-corrected chi connectivity index (χ1v) is 36.0. The van der Waals surface area contributed by atoms with Gasteiger partial charge in [-0.25, -0.2) is 4.79 Å². The maximum absolute atomic E-state index is 13.6. The monoisotopic (exact) mass is 1660 g/mol. The fraction of sp³-hybridized carbons (Fsp3) is 0.937. The molecule has 0 bridgehead atoms. The molecule has 50 heteroatoms. The Kier molecular flexibility index (Phi) is 32.6. The number of rotatable bonds is 29. The van der Waals surface area contributed by atoms with Gasteiger partial charge in [0.2, 0.25) is 17.7 Å². The maximum atomic E-state index is 13.6. The largest absolute Gasteiger partial charge is 0.477 e. The van der Waals surface area contributed by atoms with Crippen molar-refractivity contribution >= 4 is 23.7 Å². The second kappa shape index (κ2) is 39.6. The van der Waals surface area contributed by atoms with Crippen LogP contribution in [0.4, 0.5) is 0 Å². The minimum absolute atomic E-state index is 0.829. The molecule has 29 N–H and O–H groups in total. The number of aliphatic hydroxyl groups excluding tert-OH is 25. The Bertz CT molecular complexity index is 3040. The number of hydrogen-bond acceptors (Lipinski definition) is 46. The molecule has 9 rings (SSSR count). The van der Waals surface area contributed by atoms with Crippen LogP contribution < -0.4 is 16.0 Å². The van der Waals surface area contributed by atoms with Gasteiger partial charge in [-0.1, -0.05) is 0 Å². The quantitative estimate of drug-likeness (QED) is 0.0331. The van der Waals surface area contributed by atoms with Crippen LogP contribution in [-0.4, -0.2) is 484 Å². The van der Waals surface area contributed by atoms with Crippen LogP contribution in [0.25, 0.3) is 0 Å². The Morgan fingerprint density at radius 3 is 1.32 bits per heavy atom. The average Bonchev–Trinajstić information content (AvgIpc) is 0.924. The van der Waals surface area contributed by atoms with Crippen LogP contribution in [0.3, 0.4) is 0 Å². The zero-order chi connectivity index (χ0) is 83.6. The van der Waals surface area contributed by atoms with Crippen molar-refractivity contribution in [3.8, 4) is 0 Å². The summed E-state index contributed by atoms with van der Waals surface area (Å²) in [5.74, 6) is -7.93. The molecule has 46 atom stereocenters. The molecule has 0 aliphatic carbocycles. The molecule has 50 nitrogen and oxygen atoms in total. The van der Waals surface area contributed by atoms with E-state index in [1.807, 2.05) is 0 Å². The molecule has 9 saturated heterocycles. The highest BCUT2D eigenvalue weighted by Crippen LogP contribution is 2.41. The lowest BCUT2D eigenvalue weighted by Crippen LogP contribution is -2.71. The minimum atomic E-state index is -3.06. The minimum Gasteiger partial charge on any atom is -0.477 e. The molecule has 1 unspecified atom stereocenters. The third-order valence-electron chi connectivity index (χ3n) is 20.8. The van der Waals surface area contributed by atoms with E-state index in [4.69, 9.17) is 80.5 Å². The SMILES string of the molecule is CC(=O)N[C@H]1[C@H](OC[C@H]2O[C@@H](O[C@H]3[C@@H](O)[C@@H](O)C(O)O[C@@H]3CO)[C@@H](O)[C@@H](O[C@@H]3O[C@H](CO)[C@@H](O[C@@H]4O[C@@H](C)[C@@H](O)[C@@H](O)[C@@H]4O)[C@H](O[C@@H]4O[C@H](CO)[C@H](O)[C@H](O)[C@H]4O[C@@H]4O[C@@H](C)[C@@H](O)[C@@H](O)[C@@H]4O)[C@H]3NC(C)=O)[C@H]2O)O[C@H](CO)[C@@H](O[C@@H]2O[C@H](CO[C@]3(C(=O)O)C[C@H](O)[C@@H](NC(C)=O)[C@H]([C@H](O)[C@H](O)CO)O3)[C@H](O)[C@H](O)[C@H]2O)[C@@H]1O. The van der Waals surface area contributed by atoms with Crippen molar-refractivity contribution in [2.24, 2.45) is 0 Å². The van der Waals surface area contributed by atoms with Gasteiger partial charge in [0.1, 0.15) is 201 Å². The number of carboxylic acid groups (broad SMARTS) is 1. The summed E-state index contributed by atoms with van der Waals surface area (Å²) >= 11 is 0. The number of carbonyl (C=O) groups excluding carboxylic acids is 3. The van der Waals surface area contributed by atoms with Crippen LogP contribution in [0.2, 0.25) is 0 Å². The fourth-order valence-electron chi connectivity index (χ4n) is 14.5. The topological polar surface area (TPSA) is 787 Å². The van der Waals surface area contributed by atoms with Crippen LogP contribution in [-0.2, 0) is 99.7 Å². The van der Waals surface area contributed by atoms with E-state index in [-0.39, 0.29) is 0 Å². The van der Waals surface area contributed by atoms with E-state index in [0.717, 1.165) is 20.8 Å². The molecule has 9 aliphatic heterocycles. The van der Waals surface area contributed by atoms with Gasteiger partial charge in [0.25, 0.3) is 5.79 Å². The molecule has 9 aliphatic rings. The Labute approximate surface area is 639 Å². The number of carboxylic acids is 1. The second-order valence-corrected chi connectivity index (χ2v) is 28.9. The van der Waals surface area contributed by atoms with Gasteiger partial charge >= 0.3 is 5.97 Å². The molecule has 0 aromatic rings. The molecule has 0 spiro atoms. The number of nitrogens with one attached hydrogen (secondary N) is 3. The Balaban J connectivity index is 1.02. The predicted molar refractivity (Wildman–Crippen MR) is 346 cm³/mol. The summed E-state index contributed by atoms with van der Waals surface area (Å²) in [5.41, 5.74) is 0. The Morgan fingerprint density at radius 2 is 0.788 bits per heavy atom. The van der Waals surface area contributed by atoms with Gasteiger partial charge in [-0.3, -0.25) is 14.4 Å². The molecular formula is C63H105N3O47. The Hall–Kier alpha value is -3.80. The Morgan fingerprint density at radius 1 is 0.381 bits per heavy atom. The van der Waals surface area contributed by atoms with E-state index >= 15 is 0 Å². The van der Waals surface area contributed by atoms with Gasteiger partial charge in [-0.15, -0.1) is 0 Å². The molecular weight excluding hydrogens is 1550 g/mol. The van der Waals surface area contributed by atoms with E-state index in [1.165, 1.54) is 13.8 Å². The number of amides is 3. The highest BCUT2D eigenvalue weighted by molar-refractivity contribution is 5.77. The van der Waals surface area contributed by atoms with Crippen LogP contribution in [0.15, 0.2) is 0 Å². The number of aliphatic carboxylic acids is 1. The van der Waals surface area contributed by atoms with Gasteiger partial charge < -0.3 is 229 Å². The lowest BCUT2D eigenvalue weighted by Gasteiger charge is -2.52. The molecule has 9 heterocycles. The number of carbonyl (C=O) groups is 4. The van der Waals surface area contributed by atoms with Crippen LogP contribution in [0.5, 0.6) is 0 Å². The standard InChI is InChI=1S/C63H105N3O47/c1-14-30(77)37(84)43(90)57(99-14)109-49-24(11-71)104-56(29(66-18(5)74)51(49)110-61-53(40(87)33(80)21(8-68)102-61)112-58-44(91)38(85)31(78)15(2)100-58)111-52-35(82)25(105-60(46(52)93)108-48-22(9-69)101-54(94)42(89)41(48)88)12-97-55-28(65-17(4)73)36(83)47(23(10-70)103-55)107-59-45(92)39(86)34(81)26(106-59)13-98-63(62(95)96)6-19(75)27(64-16(3)72)50(113-63)32(79)20(76)7-67/h14-15,19-61,67-71,75-94H,6-13H2,1-5H3,(H,64,72)(H,65,73)(H,66,74)(H,95,96)/t14-,15-,19-,20+,21+,22+,23+,24+,25+,26+,27+,28+,29+,30+,31+,32+,33-,34-,35-,36+,37+,38+,39-,40-,41-,42+,43-,44-,45+,46-,47+,48+,49+,50+,51+,52-,53+,54?,55+,56-,57-,58-,59-,60-,61-,63+/m0/s1. The molecule has 113 heavy (non-hydrogen) atoms. The zero-order valence-corrected chi connectivity index (χ0v) is 60.8. The van der Waals surface area contributed by atoms with Crippen molar-refractivity contribution in [2.45, 2.75) is 323 Å². The smallest absolute Gasteiger partial charge is 0.364 e. The zero-order valence-electron chi connectivity index (χ0n) is 60.8. The first kappa shape index (κ1) is 93.1. The maximum Gasteiger partial charge on any atom is 0.364 e. The number of hydrogen-bond donors (Lipinski definition) is 29. The van der Waals surface area contributed by atoms with Crippen molar-refractivity contribution in [2.75, 3.05) is 46.2 Å². The summed E-state index contributed by atoms with van der Waals surface area (Å²) < 4.78 is 101. The fourth-order valence-corrected chi connectivity index (χ4v) is 14.5. The third kappa shape index (κ3) is 20.3. The summed E-state index contributed by atoms with van der Waals surface area (Å²) in [6.45, 7) is -2.85. The van der Waals surface area contributed by atoms with E-state index < -0.39 is 358 Å². The lowest BCUT2D eigenvalue weighted by molar-refractivity contribution is -0.401. The summed E-state index contributed by atoms with van der Waals surface area (Å²) in [4.78, 5) is 51.7. The van der Waals surface area contributed by atoms with Crippen molar-refractivity contribution in [1.29, 1.82) is 0 Å². The highest BCUT2D eigenvalue weighted by Gasteiger charge is 2.62. The molecule has 0 radical (unpaired) electrons. The van der Waals surface area contributed by atoms with Gasteiger partial charge in [-0.2, -0.15) is 0 Å². The number of aliphatic hydroxyl groups is 25. The van der Waals surface area contributed by atoms with Crippen LogP contribution >= 0.6 is 0 Å². The molecule has 0 aromatic carbocycles. The molecule has 654 valence electrons. The molecule has 0 aromatic heterocycles. The van der Waals surface area contributed by atoms with Crippen molar-refractivity contribution in [3.05, 3.63) is 0 Å². The van der Waals surface area contributed by atoms with Gasteiger partial charge in [-0.05, 0) is 13.8 Å². The highest BCUT2D eigenvalue weighted by atomic mass is 16.8. The average molecular weight is 1660 g/mol. The van der Waals surface area contributed by atoms with Crippen LogP contribution in [0, 0.1) is 0 Å². The molecule has 3 amide bonds. The van der Waals surface area contributed by atoms with Crippen molar-refractivity contribution < 1.29 is 232 Å².